The summed E-state index contributed by atoms with van der Waals surface area (Å²) in [5, 5.41) is 0.626. The monoisotopic (exact) mass is 459 g/mol. The zero-order valence-corrected chi connectivity index (χ0v) is 20.1. The Morgan fingerprint density at radius 2 is 1.71 bits per heavy atom. The quantitative estimate of drug-likeness (QED) is 0.483. The van der Waals surface area contributed by atoms with Crippen LogP contribution in [0.1, 0.15) is 24.0 Å². The van der Waals surface area contributed by atoms with Gasteiger partial charge in [-0.05, 0) is 76.3 Å². The summed E-state index contributed by atoms with van der Waals surface area (Å²) in [7, 11) is 0.462. The highest BCUT2D eigenvalue weighted by Crippen LogP contribution is 2.31. The van der Waals surface area contributed by atoms with Crippen LogP contribution in [0.25, 0.3) is 10.2 Å². The molecule has 166 valence electrons. The molecule has 0 atom stereocenters. The Kier molecular flexibility index (Phi) is 7.46. The van der Waals surface area contributed by atoms with Crippen molar-refractivity contribution in [2.24, 2.45) is 0 Å². The number of hydrogen-bond donors (Lipinski definition) is 0. The minimum absolute atomic E-state index is 0.0762. The first-order chi connectivity index (χ1) is 14.7. The predicted octanol–water partition coefficient (Wildman–Crippen LogP) is 4.06. The van der Waals surface area contributed by atoms with Gasteiger partial charge in [0.05, 0.1) is 20.9 Å². The summed E-state index contributed by atoms with van der Waals surface area (Å²) in [6.07, 6.45) is 0.700. The number of sulfone groups is 1. The molecule has 0 spiro atoms. The number of thiazole rings is 1. The molecule has 8 heteroatoms. The normalized spacial score (nSPS) is 11.9. The van der Waals surface area contributed by atoms with Gasteiger partial charge in [0.25, 0.3) is 0 Å². The van der Waals surface area contributed by atoms with E-state index < -0.39 is 9.84 Å². The van der Waals surface area contributed by atoms with Gasteiger partial charge < -0.3 is 4.90 Å². The molecule has 0 saturated heterocycles. The van der Waals surface area contributed by atoms with E-state index in [0.717, 1.165) is 28.7 Å². The second kappa shape index (κ2) is 9.89. The van der Waals surface area contributed by atoms with Gasteiger partial charge in [-0.15, -0.1) is 0 Å². The van der Waals surface area contributed by atoms with Gasteiger partial charge in [-0.25, -0.2) is 13.4 Å². The summed E-state index contributed by atoms with van der Waals surface area (Å²) in [6.45, 7) is 5.43. The Morgan fingerprint density at radius 3 is 2.39 bits per heavy atom. The van der Waals surface area contributed by atoms with Crippen molar-refractivity contribution in [3.8, 4) is 0 Å². The maximum atomic E-state index is 13.1. The molecule has 0 radical (unpaired) electrons. The van der Waals surface area contributed by atoms with Crippen LogP contribution in [0.2, 0.25) is 0 Å². The SMILES string of the molecule is Cc1cc2nc(N(CCCN(C)C)C(=O)CCS(=O)(=O)c3ccccc3)sc2cc1C. The van der Waals surface area contributed by atoms with Crippen molar-refractivity contribution in [1.29, 1.82) is 0 Å². The lowest BCUT2D eigenvalue weighted by molar-refractivity contribution is -0.118. The lowest BCUT2D eigenvalue weighted by Crippen LogP contribution is -2.34. The summed E-state index contributed by atoms with van der Waals surface area (Å²) in [5.74, 6) is -0.436. The number of aromatic nitrogens is 1. The van der Waals surface area contributed by atoms with E-state index >= 15 is 0 Å². The average molecular weight is 460 g/mol. The van der Waals surface area contributed by atoms with Crippen molar-refractivity contribution >= 4 is 42.4 Å². The Balaban J connectivity index is 1.82. The van der Waals surface area contributed by atoms with Crippen molar-refractivity contribution in [2.75, 3.05) is 37.8 Å². The van der Waals surface area contributed by atoms with E-state index in [1.54, 1.807) is 35.2 Å². The van der Waals surface area contributed by atoms with E-state index in [0.29, 0.717) is 11.7 Å². The van der Waals surface area contributed by atoms with Crippen LogP contribution >= 0.6 is 11.3 Å². The summed E-state index contributed by atoms with van der Waals surface area (Å²) in [6, 6.07) is 12.4. The van der Waals surface area contributed by atoms with E-state index in [2.05, 4.69) is 17.9 Å². The van der Waals surface area contributed by atoms with Crippen LogP contribution in [0, 0.1) is 13.8 Å². The molecule has 0 aliphatic heterocycles. The third-order valence-electron chi connectivity index (χ3n) is 5.20. The molecule has 0 aliphatic rings. The Bertz CT molecular complexity index is 1120. The van der Waals surface area contributed by atoms with Gasteiger partial charge in [0.1, 0.15) is 0 Å². The largest absolute Gasteiger partial charge is 0.309 e. The van der Waals surface area contributed by atoms with Crippen molar-refractivity contribution in [2.45, 2.75) is 31.6 Å². The fraction of sp³-hybridized carbons (Fsp3) is 0.391. The van der Waals surface area contributed by atoms with E-state index in [1.807, 2.05) is 27.1 Å². The average Bonchev–Trinajstić information content (AvgIpc) is 3.12. The van der Waals surface area contributed by atoms with E-state index in [9.17, 15) is 13.2 Å². The first kappa shape index (κ1) is 23.4. The zero-order valence-electron chi connectivity index (χ0n) is 18.5. The Labute approximate surface area is 188 Å². The Hall–Kier alpha value is -2.29. The lowest BCUT2D eigenvalue weighted by atomic mass is 10.1. The molecule has 0 bridgehead atoms. The van der Waals surface area contributed by atoms with Gasteiger partial charge in [0, 0.05) is 13.0 Å². The molecular weight excluding hydrogens is 430 g/mol. The molecule has 0 unspecified atom stereocenters. The standard InChI is InChI=1S/C23H29N3O3S2/c1-17-15-20-21(16-18(17)2)30-23(24-20)26(13-8-12-25(3)4)22(27)11-14-31(28,29)19-9-6-5-7-10-19/h5-7,9-10,15-16H,8,11-14H2,1-4H3. The predicted molar refractivity (Wildman–Crippen MR) is 128 cm³/mol. The van der Waals surface area contributed by atoms with Gasteiger partial charge in [-0.2, -0.15) is 0 Å². The van der Waals surface area contributed by atoms with Gasteiger partial charge in [0.2, 0.25) is 5.91 Å². The molecule has 6 nitrogen and oxygen atoms in total. The summed E-state index contributed by atoms with van der Waals surface area (Å²) >= 11 is 1.48. The van der Waals surface area contributed by atoms with Crippen molar-refractivity contribution in [3.05, 3.63) is 53.6 Å². The van der Waals surface area contributed by atoms with Crippen LogP contribution in [0.15, 0.2) is 47.4 Å². The molecule has 1 aromatic heterocycles. The zero-order chi connectivity index (χ0) is 22.6. The third-order valence-corrected chi connectivity index (χ3v) is 7.97. The topological polar surface area (TPSA) is 70.6 Å². The van der Waals surface area contributed by atoms with Crippen LogP contribution in [0.3, 0.4) is 0 Å². The number of rotatable bonds is 9. The number of carbonyl (C=O) groups excluding carboxylic acids is 1. The van der Waals surface area contributed by atoms with Crippen LogP contribution in [-0.2, 0) is 14.6 Å². The maximum absolute atomic E-state index is 13.1. The molecule has 3 aromatic rings. The first-order valence-electron chi connectivity index (χ1n) is 10.3. The minimum atomic E-state index is -3.51. The molecule has 0 aliphatic carbocycles. The molecule has 1 amide bonds. The molecule has 0 fully saturated rings. The van der Waals surface area contributed by atoms with E-state index in [1.165, 1.54) is 16.9 Å². The molecule has 0 saturated carbocycles. The fourth-order valence-corrected chi connectivity index (χ4v) is 5.60. The van der Waals surface area contributed by atoms with Crippen molar-refractivity contribution < 1.29 is 13.2 Å². The van der Waals surface area contributed by atoms with Crippen LogP contribution in [0.5, 0.6) is 0 Å². The van der Waals surface area contributed by atoms with Crippen LogP contribution in [0.4, 0.5) is 5.13 Å². The molecule has 31 heavy (non-hydrogen) atoms. The third kappa shape index (κ3) is 5.90. The highest BCUT2D eigenvalue weighted by atomic mass is 32.2. The second-order valence-electron chi connectivity index (χ2n) is 7.98. The molecule has 1 heterocycles. The molecule has 3 rings (SSSR count). The fourth-order valence-electron chi connectivity index (χ4n) is 3.26. The highest BCUT2D eigenvalue weighted by molar-refractivity contribution is 7.91. The summed E-state index contributed by atoms with van der Waals surface area (Å²) < 4.78 is 26.3. The van der Waals surface area contributed by atoms with Crippen molar-refractivity contribution in [1.82, 2.24) is 9.88 Å². The van der Waals surface area contributed by atoms with Gasteiger partial charge in [-0.3, -0.25) is 9.69 Å². The first-order valence-corrected chi connectivity index (χ1v) is 12.7. The van der Waals surface area contributed by atoms with Gasteiger partial charge >= 0.3 is 0 Å². The minimum Gasteiger partial charge on any atom is -0.309 e. The number of hydrogen-bond acceptors (Lipinski definition) is 6. The number of amides is 1. The van der Waals surface area contributed by atoms with Crippen LogP contribution in [-0.4, -0.2) is 57.1 Å². The maximum Gasteiger partial charge on any atom is 0.229 e. The summed E-state index contributed by atoms with van der Waals surface area (Å²) in [4.78, 5) is 21.8. The number of anilines is 1. The van der Waals surface area contributed by atoms with Crippen LogP contribution < -0.4 is 4.90 Å². The Morgan fingerprint density at radius 1 is 1.03 bits per heavy atom. The number of fused-ring (bicyclic) bond motifs is 1. The second-order valence-corrected chi connectivity index (χ2v) is 11.1. The molecule has 2 aromatic carbocycles. The van der Waals surface area contributed by atoms with Gasteiger partial charge in [-0.1, -0.05) is 29.5 Å². The molecular formula is C23H29N3O3S2. The van der Waals surface area contributed by atoms with Crippen molar-refractivity contribution in [3.63, 3.8) is 0 Å². The number of nitrogens with zero attached hydrogens (tertiary/aromatic N) is 3. The lowest BCUT2D eigenvalue weighted by Gasteiger charge is -2.21. The number of benzene rings is 2. The summed E-state index contributed by atoms with van der Waals surface area (Å²) in [5.41, 5.74) is 3.20. The van der Waals surface area contributed by atoms with E-state index in [-0.39, 0.29) is 23.0 Å². The van der Waals surface area contributed by atoms with Gasteiger partial charge in [0.15, 0.2) is 15.0 Å². The smallest absolute Gasteiger partial charge is 0.229 e. The number of aryl methyl sites for hydroxylation is 2. The van der Waals surface area contributed by atoms with E-state index in [4.69, 9.17) is 4.98 Å². The highest BCUT2D eigenvalue weighted by Gasteiger charge is 2.23. The molecule has 0 N–H and O–H groups in total. The number of carbonyl (C=O) groups is 1.